The molecule has 0 saturated carbocycles. The fraction of sp³-hybridized carbons (Fsp3) is 0.176. The standard InChI is InChI=1S/C34H29N5O3S/c1-19-20(2)43-34-30(19)31(36-27(15-16-40)32-38-37-21(3)39(32)34)23-13-11-22(12-14-23)24-8-6-9-26(17-24)35-33(41)29-18-25-7-4-5-10-28(25)42-29/h4-14,17-18,27,40H,15-16H2,1-3H3,(H,35,41)/t27-/m0/s1. The summed E-state index contributed by atoms with van der Waals surface area (Å²) in [7, 11) is 0. The maximum absolute atomic E-state index is 12.9. The number of carbonyl (C=O) groups excluding carboxylic acids is 1. The van der Waals surface area contributed by atoms with Crippen LogP contribution in [0.25, 0.3) is 27.1 Å². The molecule has 0 bridgehead atoms. The largest absolute Gasteiger partial charge is 0.451 e. The van der Waals surface area contributed by atoms with Crippen LogP contribution in [0.3, 0.4) is 0 Å². The van der Waals surface area contributed by atoms with Crippen molar-refractivity contribution >= 4 is 39.6 Å². The van der Waals surface area contributed by atoms with Crippen LogP contribution < -0.4 is 5.32 Å². The number of rotatable bonds is 6. The molecule has 0 spiro atoms. The van der Waals surface area contributed by atoms with Gasteiger partial charge >= 0.3 is 0 Å². The summed E-state index contributed by atoms with van der Waals surface area (Å²) >= 11 is 1.71. The predicted molar refractivity (Wildman–Crippen MR) is 170 cm³/mol. The van der Waals surface area contributed by atoms with Crippen molar-refractivity contribution in [1.82, 2.24) is 14.8 Å². The van der Waals surface area contributed by atoms with E-state index in [2.05, 4.69) is 58.2 Å². The number of amides is 1. The number of furan rings is 1. The molecular formula is C34H29N5O3S. The van der Waals surface area contributed by atoms with Crippen molar-refractivity contribution in [1.29, 1.82) is 0 Å². The highest BCUT2D eigenvalue weighted by Crippen LogP contribution is 2.39. The third-order valence-corrected chi connectivity index (χ3v) is 9.10. The lowest BCUT2D eigenvalue weighted by molar-refractivity contribution is 0.0998. The van der Waals surface area contributed by atoms with Crippen LogP contribution in [0, 0.1) is 20.8 Å². The van der Waals surface area contributed by atoms with Gasteiger partial charge in [-0.2, -0.15) is 0 Å². The maximum atomic E-state index is 12.9. The molecule has 3 aromatic carbocycles. The Kier molecular flexibility index (Phi) is 6.76. The highest BCUT2D eigenvalue weighted by Gasteiger charge is 2.31. The van der Waals surface area contributed by atoms with Gasteiger partial charge in [0.2, 0.25) is 0 Å². The topological polar surface area (TPSA) is 106 Å². The number of carbonyl (C=O) groups is 1. The van der Waals surface area contributed by atoms with E-state index >= 15 is 0 Å². The van der Waals surface area contributed by atoms with Gasteiger partial charge in [0.1, 0.15) is 22.5 Å². The number of hydrogen-bond acceptors (Lipinski definition) is 7. The smallest absolute Gasteiger partial charge is 0.291 e. The second-order valence-corrected chi connectivity index (χ2v) is 11.9. The molecule has 3 aromatic heterocycles. The van der Waals surface area contributed by atoms with Gasteiger partial charge in [0.05, 0.1) is 5.71 Å². The zero-order chi connectivity index (χ0) is 29.7. The summed E-state index contributed by atoms with van der Waals surface area (Å²) in [5.74, 6) is 1.53. The molecule has 2 N–H and O–H groups in total. The zero-order valence-electron chi connectivity index (χ0n) is 24.0. The second kappa shape index (κ2) is 10.8. The van der Waals surface area contributed by atoms with Crippen molar-refractivity contribution in [2.24, 2.45) is 4.99 Å². The number of benzene rings is 3. The van der Waals surface area contributed by atoms with Gasteiger partial charge in [0.15, 0.2) is 11.6 Å². The van der Waals surface area contributed by atoms with Gasteiger partial charge in [0, 0.05) is 40.1 Å². The van der Waals surface area contributed by atoms with Gasteiger partial charge < -0.3 is 14.8 Å². The van der Waals surface area contributed by atoms with Crippen LogP contribution >= 0.6 is 11.3 Å². The molecule has 9 heteroatoms. The van der Waals surface area contributed by atoms with Crippen molar-refractivity contribution in [2.75, 3.05) is 11.9 Å². The molecule has 1 aliphatic heterocycles. The van der Waals surface area contributed by atoms with Crippen LogP contribution in [0.15, 0.2) is 88.3 Å². The van der Waals surface area contributed by atoms with E-state index in [-0.39, 0.29) is 24.3 Å². The lowest BCUT2D eigenvalue weighted by Crippen LogP contribution is -2.10. The number of anilines is 1. The summed E-state index contributed by atoms with van der Waals surface area (Å²) in [6, 6.07) is 25.1. The Morgan fingerprint density at radius 3 is 2.53 bits per heavy atom. The van der Waals surface area contributed by atoms with E-state index in [0.29, 0.717) is 17.7 Å². The molecule has 1 amide bonds. The number of para-hydroxylation sites is 1. The number of thiophene rings is 1. The first kappa shape index (κ1) is 27.0. The van der Waals surface area contributed by atoms with Gasteiger partial charge in [-0.15, -0.1) is 21.5 Å². The summed E-state index contributed by atoms with van der Waals surface area (Å²) in [6.07, 6.45) is 0.458. The second-order valence-electron chi connectivity index (χ2n) is 10.7. The summed E-state index contributed by atoms with van der Waals surface area (Å²) in [5, 5.41) is 23.6. The first-order valence-electron chi connectivity index (χ1n) is 14.1. The Bertz CT molecular complexity index is 2000. The van der Waals surface area contributed by atoms with E-state index in [4.69, 9.17) is 9.41 Å². The lowest BCUT2D eigenvalue weighted by Gasteiger charge is -2.12. The molecule has 0 radical (unpaired) electrons. The van der Waals surface area contributed by atoms with Gasteiger partial charge in [-0.1, -0.05) is 54.6 Å². The van der Waals surface area contributed by atoms with Crippen LogP contribution in [0.2, 0.25) is 0 Å². The van der Waals surface area contributed by atoms with Crippen LogP contribution in [-0.2, 0) is 0 Å². The Morgan fingerprint density at radius 2 is 1.74 bits per heavy atom. The van der Waals surface area contributed by atoms with Gasteiger partial charge in [0.25, 0.3) is 5.91 Å². The van der Waals surface area contributed by atoms with E-state index in [1.165, 1.54) is 10.4 Å². The first-order chi connectivity index (χ1) is 20.9. The minimum absolute atomic E-state index is 0.00116. The van der Waals surface area contributed by atoms with Crippen molar-refractivity contribution in [2.45, 2.75) is 33.2 Å². The van der Waals surface area contributed by atoms with Crippen LogP contribution in [0.5, 0.6) is 0 Å². The number of aliphatic imine (C=N–C) groups is 1. The van der Waals surface area contributed by atoms with E-state index in [9.17, 15) is 9.90 Å². The fourth-order valence-corrected chi connectivity index (χ4v) is 6.80. The number of aromatic nitrogens is 3. The first-order valence-corrected chi connectivity index (χ1v) is 14.9. The summed E-state index contributed by atoms with van der Waals surface area (Å²) in [5.41, 5.74) is 7.47. The Balaban J connectivity index is 1.20. The van der Waals surface area contributed by atoms with Crippen molar-refractivity contribution < 1.29 is 14.3 Å². The average Bonchev–Trinajstić information content (AvgIpc) is 3.68. The Morgan fingerprint density at radius 1 is 0.953 bits per heavy atom. The Labute approximate surface area is 252 Å². The van der Waals surface area contributed by atoms with E-state index in [1.54, 1.807) is 17.4 Å². The maximum Gasteiger partial charge on any atom is 0.291 e. The SMILES string of the molecule is Cc1sc2c(c1C)C(c1ccc(-c3cccc(NC(=O)c4cc5ccccc5o4)c3)cc1)=N[C@@H](CCO)c1nnc(C)n1-2. The van der Waals surface area contributed by atoms with Gasteiger partial charge in [-0.05, 0) is 61.7 Å². The van der Waals surface area contributed by atoms with Crippen molar-refractivity contribution in [3.8, 4) is 16.1 Å². The average molecular weight is 588 g/mol. The van der Waals surface area contributed by atoms with Gasteiger partial charge in [-0.3, -0.25) is 14.4 Å². The molecule has 43 heavy (non-hydrogen) atoms. The third-order valence-electron chi connectivity index (χ3n) is 7.90. The molecule has 0 unspecified atom stereocenters. The molecular weight excluding hydrogens is 558 g/mol. The molecule has 7 rings (SSSR count). The highest BCUT2D eigenvalue weighted by atomic mass is 32.1. The number of aryl methyl sites for hydroxylation is 2. The molecule has 214 valence electrons. The number of fused-ring (bicyclic) bond motifs is 4. The third kappa shape index (κ3) is 4.76. The molecule has 4 heterocycles. The summed E-state index contributed by atoms with van der Waals surface area (Å²) in [6.45, 7) is 6.21. The molecule has 0 aliphatic carbocycles. The lowest BCUT2D eigenvalue weighted by atomic mass is 9.97. The number of nitrogens with zero attached hydrogens (tertiary/aromatic N) is 4. The fourth-order valence-electron chi connectivity index (χ4n) is 5.59. The minimum Gasteiger partial charge on any atom is -0.451 e. The number of aliphatic hydroxyl groups is 1. The summed E-state index contributed by atoms with van der Waals surface area (Å²) < 4.78 is 7.82. The summed E-state index contributed by atoms with van der Waals surface area (Å²) in [4.78, 5) is 19.3. The van der Waals surface area contributed by atoms with E-state index in [0.717, 1.165) is 50.0 Å². The van der Waals surface area contributed by atoms with E-state index < -0.39 is 0 Å². The minimum atomic E-state index is -0.313. The Hall–Kier alpha value is -4.86. The van der Waals surface area contributed by atoms with E-state index in [1.807, 2.05) is 55.5 Å². The molecule has 0 fully saturated rings. The molecule has 8 nitrogen and oxygen atoms in total. The highest BCUT2D eigenvalue weighted by molar-refractivity contribution is 7.15. The molecule has 6 aromatic rings. The van der Waals surface area contributed by atoms with Crippen LogP contribution in [0.1, 0.15) is 56.2 Å². The normalized spacial score (nSPS) is 14.2. The molecule has 1 aliphatic rings. The number of hydrogen-bond donors (Lipinski definition) is 2. The van der Waals surface area contributed by atoms with Crippen molar-refractivity contribution in [3.63, 3.8) is 0 Å². The molecule has 1 atom stereocenters. The van der Waals surface area contributed by atoms with Gasteiger partial charge in [-0.25, -0.2) is 0 Å². The van der Waals surface area contributed by atoms with Crippen molar-refractivity contribution in [3.05, 3.63) is 118 Å². The predicted octanol–water partition coefficient (Wildman–Crippen LogP) is 7.19. The monoisotopic (exact) mass is 587 g/mol. The number of aliphatic hydroxyl groups excluding tert-OH is 1. The van der Waals surface area contributed by atoms with Crippen LogP contribution in [-0.4, -0.2) is 38.1 Å². The zero-order valence-corrected chi connectivity index (χ0v) is 24.8. The quantitative estimate of drug-likeness (QED) is 0.215. The van der Waals surface area contributed by atoms with Crippen LogP contribution in [0.4, 0.5) is 5.69 Å². The molecule has 0 saturated heterocycles. The number of nitrogens with one attached hydrogen (secondary N) is 1.